The topological polar surface area (TPSA) is 34.3 Å². The lowest BCUT2D eigenvalue weighted by atomic mass is 10.2. The minimum absolute atomic E-state index is 0.0627. The van der Waals surface area contributed by atoms with Crippen molar-refractivity contribution in [1.29, 1.82) is 0 Å². The average Bonchev–Trinajstić information content (AvgIpc) is 2.07. The van der Waals surface area contributed by atoms with Gasteiger partial charge in [-0.3, -0.25) is 0 Å². The molecule has 0 unspecified atom stereocenters. The van der Waals surface area contributed by atoms with Gasteiger partial charge in [0.05, 0.1) is 0 Å². The van der Waals surface area contributed by atoms with Crippen LogP contribution in [0.3, 0.4) is 0 Å². The second-order valence-corrected chi connectivity index (χ2v) is 2.32. The summed E-state index contributed by atoms with van der Waals surface area (Å²) in [7, 11) is 0. The van der Waals surface area contributed by atoms with Crippen LogP contribution in [-0.2, 0) is 6.42 Å². The molecular formula is C9H12NO. The smallest absolute Gasteiger partial charge is 0.109 e. The first-order valence-electron chi connectivity index (χ1n) is 3.71. The molecule has 1 aromatic rings. The molecule has 0 aliphatic rings. The van der Waals surface area contributed by atoms with Crippen LogP contribution in [0, 0.1) is 0 Å². The van der Waals surface area contributed by atoms with Gasteiger partial charge in [-0.25, -0.2) is 5.32 Å². The third-order valence-electron chi connectivity index (χ3n) is 1.50. The highest BCUT2D eigenvalue weighted by atomic mass is 16.3. The first kappa shape index (κ1) is 8.24. The Labute approximate surface area is 66.9 Å². The van der Waals surface area contributed by atoms with Gasteiger partial charge in [-0.05, 0) is 12.0 Å². The van der Waals surface area contributed by atoms with E-state index in [9.17, 15) is 0 Å². The van der Waals surface area contributed by atoms with Crippen LogP contribution in [0.5, 0.6) is 0 Å². The number of hydrogen-bond donors (Lipinski definition) is 1. The lowest BCUT2D eigenvalue weighted by molar-refractivity contribution is 0.258. The summed E-state index contributed by atoms with van der Waals surface area (Å²) in [5, 5.41) is 12.2. The molecule has 0 bridgehead atoms. The zero-order valence-corrected chi connectivity index (χ0v) is 6.40. The van der Waals surface area contributed by atoms with Crippen LogP contribution in [0.25, 0.3) is 0 Å². The second kappa shape index (κ2) is 4.88. The molecule has 0 aliphatic heterocycles. The fourth-order valence-corrected chi connectivity index (χ4v) is 0.924. The number of benzene rings is 1. The third kappa shape index (κ3) is 3.16. The molecule has 1 radical (unpaired) electrons. The fraction of sp³-hybridized carbons (Fsp3) is 0.333. The standard InChI is InChI=1S/C9H12NO/c11-8-10-7-6-9-4-2-1-3-5-9/h1-5,11H,6-8H2. The molecular weight excluding hydrogens is 138 g/mol. The molecule has 0 aromatic heterocycles. The zero-order valence-electron chi connectivity index (χ0n) is 6.40. The quantitative estimate of drug-likeness (QED) is 0.632. The van der Waals surface area contributed by atoms with Crippen molar-refractivity contribution < 1.29 is 5.11 Å². The van der Waals surface area contributed by atoms with E-state index in [-0.39, 0.29) is 6.73 Å². The predicted molar refractivity (Wildman–Crippen MR) is 44.2 cm³/mol. The monoisotopic (exact) mass is 150 g/mol. The van der Waals surface area contributed by atoms with Gasteiger partial charge >= 0.3 is 0 Å². The van der Waals surface area contributed by atoms with E-state index in [1.54, 1.807) is 0 Å². The summed E-state index contributed by atoms with van der Waals surface area (Å²) in [4.78, 5) is 0. The van der Waals surface area contributed by atoms with Crippen LogP contribution in [0.4, 0.5) is 0 Å². The molecule has 0 fully saturated rings. The highest BCUT2D eigenvalue weighted by Crippen LogP contribution is 1.97. The Hall–Kier alpha value is -0.860. The molecule has 0 atom stereocenters. The Morgan fingerprint density at radius 2 is 1.91 bits per heavy atom. The maximum Gasteiger partial charge on any atom is 0.109 e. The largest absolute Gasteiger partial charge is 0.380 e. The molecule has 1 N–H and O–H groups in total. The molecule has 2 nitrogen and oxygen atoms in total. The molecule has 0 heterocycles. The van der Waals surface area contributed by atoms with E-state index in [2.05, 4.69) is 17.4 Å². The summed E-state index contributed by atoms with van der Waals surface area (Å²) >= 11 is 0. The number of aliphatic hydroxyl groups is 1. The van der Waals surface area contributed by atoms with Crippen molar-refractivity contribution in [2.24, 2.45) is 0 Å². The Balaban J connectivity index is 2.28. The van der Waals surface area contributed by atoms with Crippen molar-refractivity contribution in [2.45, 2.75) is 6.42 Å². The molecule has 1 rings (SSSR count). The molecule has 1 aromatic carbocycles. The normalized spacial score (nSPS) is 9.91. The summed E-state index contributed by atoms with van der Waals surface area (Å²) in [5.74, 6) is 0. The Kier molecular flexibility index (Phi) is 3.65. The summed E-state index contributed by atoms with van der Waals surface area (Å²) in [6.07, 6.45) is 0.918. The Morgan fingerprint density at radius 3 is 2.55 bits per heavy atom. The Morgan fingerprint density at radius 1 is 1.18 bits per heavy atom. The van der Waals surface area contributed by atoms with Crippen LogP contribution >= 0.6 is 0 Å². The van der Waals surface area contributed by atoms with Gasteiger partial charge in [-0.2, -0.15) is 0 Å². The van der Waals surface area contributed by atoms with Crippen LogP contribution in [0.2, 0.25) is 0 Å². The molecule has 59 valence electrons. The van der Waals surface area contributed by atoms with Gasteiger partial charge in [-0.1, -0.05) is 30.3 Å². The van der Waals surface area contributed by atoms with Gasteiger partial charge in [0.2, 0.25) is 0 Å². The molecule has 0 saturated heterocycles. The summed E-state index contributed by atoms with van der Waals surface area (Å²) < 4.78 is 0. The van der Waals surface area contributed by atoms with Gasteiger partial charge in [0.1, 0.15) is 6.73 Å². The lowest BCUT2D eigenvalue weighted by Gasteiger charge is -1.98. The fourth-order valence-electron chi connectivity index (χ4n) is 0.924. The van der Waals surface area contributed by atoms with Crippen molar-refractivity contribution in [3.05, 3.63) is 35.9 Å². The van der Waals surface area contributed by atoms with E-state index in [1.165, 1.54) is 5.56 Å². The highest BCUT2D eigenvalue weighted by molar-refractivity contribution is 5.14. The van der Waals surface area contributed by atoms with Crippen LogP contribution in [0.1, 0.15) is 5.56 Å². The maximum atomic E-state index is 8.38. The van der Waals surface area contributed by atoms with Gasteiger partial charge < -0.3 is 5.11 Å². The van der Waals surface area contributed by atoms with Crippen molar-refractivity contribution in [2.75, 3.05) is 13.3 Å². The second-order valence-electron chi connectivity index (χ2n) is 2.32. The third-order valence-corrected chi connectivity index (χ3v) is 1.50. The van der Waals surface area contributed by atoms with E-state index in [0.29, 0.717) is 6.54 Å². The van der Waals surface area contributed by atoms with E-state index < -0.39 is 0 Å². The minimum Gasteiger partial charge on any atom is -0.380 e. The first-order valence-corrected chi connectivity index (χ1v) is 3.71. The van der Waals surface area contributed by atoms with E-state index in [1.807, 2.05) is 18.2 Å². The number of hydrogen-bond acceptors (Lipinski definition) is 1. The minimum atomic E-state index is -0.0627. The van der Waals surface area contributed by atoms with E-state index in [4.69, 9.17) is 5.11 Å². The van der Waals surface area contributed by atoms with Crippen LogP contribution < -0.4 is 5.32 Å². The zero-order chi connectivity index (χ0) is 7.94. The molecule has 2 heteroatoms. The van der Waals surface area contributed by atoms with Gasteiger partial charge in [0.15, 0.2) is 0 Å². The van der Waals surface area contributed by atoms with Gasteiger partial charge in [-0.15, -0.1) is 0 Å². The summed E-state index contributed by atoms with van der Waals surface area (Å²) in [6.45, 7) is 0.646. The molecule has 0 aliphatic carbocycles. The highest BCUT2D eigenvalue weighted by Gasteiger charge is 1.89. The van der Waals surface area contributed by atoms with E-state index >= 15 is 0 Å². The SMILES string of the molecule is OC[N]CCc1ccccc1. The van der Waals surface area contributed by atoms with Gasteiger partial charge in [0.25, 0.3) is 0 Å². The van der Waals surface area contributed by atoms with Crippen molar-refractivity contribution in [3.63, 3.8) is 0 Å². The first-order chi connectivity index (χ1) is 5.43. The van der Waals surface area contributed by atoms with Crippen molar-refractivity contribution in [1.82, 2.24) is 5.32 Å². The average molecular weight is 150 g/mol. The van der Waals surface area contributed by atoms with Crippen LogP contribution in [-0.4, -0.2) is 18.4 Å². The lowest BCUT2D eigenvalue weighted by Crippen LogP contribution is -2.09. The summed E-state index contributed by atoms with van der Waals surface area (Å²) in [5.41, 5.74) is 1.27. The molecule has 0 saturated carbocycles. The van der Waals surface area contributed by atoms with Crippen LogP contribution in [0.15, 0.2) is 30.3 Å². The van der Waals surface area contributed by atoms with Gasteiger partial charge in [0, 0.05) is 6.54 Å². The number of nitrogens with zero attached hydrogens (tertiary/aromatic N) is 1. The number of rotatable bonds is 4. The predicted octanol–water partition coefficient (Wildman–Crippen LogP) is 0.783. The maximum absolute atomic E-state index is 8.38. The molecule has 0 amide bonds. The van der Waals surface area contributed by atoms with E-state index in [0.717, 1.165) is 6.42 Å². The summed E-state index contributed by atoms with van der Waals surface area (Å²) in [6, 6.07) is 10.1. The van der Waals surface area contributed by atoms with Crippen molar-refractivity contribution in [3.8, 4) is 0 Å². The number of aliphatic hydroxyl groups excluding tert-OH is 1. The Bertz CT molecular complexity index is 186. The van der Waals surface area contributed by atoms with Crippen molar-refractivity contribution >= 4 is 0 Å². The molecule has 0 spiro atoms. The molecule has 11 heavy (non-hydrogen) atoms.